The van der Waals surface area contributed by atoms with Crippen molar-refractivity contribution in [1.29, 1.82) is 0 Å². The number of rotatable bonds is 8. The zero-order valence-electron chi connectivity index (χ0n) is 18.8. The summed E-state index contributed by atoms with van der Waals surface area (Å²) in [6.07, 6.45) is 10.2. The van der Waals surface area contributed by atoms with Gasteiger partial charge in [-0.1, -0.05) is 57.2 Å². The Hall–Kier alpha value is -1.84. The highest BCUT2D eigenvalue weighted by Gasteiger charge is 2.33. The van der Waals surface area contributed by atoms with Crippen LogP contribution in [0.4, 0.5) is 17.6 Å². The highest BCUT2D eigenvalue weighted by Crippen LogP contribution is 2.46. The van der Waals surface area contributed by atoms with Crippen LogP contribution < -0.4 is 0 Å². The van der Waals surface area contributed by atoms with Crippen LogP contribution in [0.1, 0.15) is 81.9 Å². The van der Waals surface area contributed by atoms with Crippen molar-refractivity contribution in [3.63, 3.8) is 0 Å². The van der Waals surface area contributed by atoms with Gasteiger partial charge in [-0.15, -0.1) is 0 Å². The molecular formula is C27H32F4. The molecule has 4 rings (SSSR count). The summed E-state index contributed by atoms with van der Waals surface area (Å²) in [4.78, 5) is 0. The zero-order chi connectivity index (χ0) is 22.3. The topological polar surface area (TPSA) is 0 Å². The van der Waals surface area contributed by atoms with E-state index in [1.807, 2.05) is 6.08 Å². The summed E-state index contributed by atoms with van der Waals surface area (Å²) < 4.78 is 58.3. The minimum absolute atomic E-state index is 0.0884. The predicted molar refractivity (Wildman–Crippen MR) is 118 cm³/mol. The first-order chi connectivity index (χ1) is 14.7. The molecule has 2 atom stereocenters. The number of benzene rings is 1. The molecule has 0 spiro atoms. The van der Waals surface area contributed by atoms with Gasteiger partial charge in [-0.2, -0.15) is 0 Å². The van der Waals surface area contributed by atoms with E-state index in [0.29, 0.717) is 29.9 Å². The lowest BCUT2D eigenvalue weighted by Gasteiger charge is -2.16. The maximum absolute atomic E-state index is 14.9. The van der Waals surface area contributed by atoms with E-state index in [0.717, 1.165) is 30.3 Å². The molecule has 31 heavy (non-hydrogen) atoms. The van der Waals surface area contributed by atoms with Crippen LogP contribution in [0.5, 0.6) is 0 Å². The van der Waals surface area contributed by atoms with Gasteiger partial charge >= 0.3 is 0 Å². The minimum Gasteiger partial charge on any atom is -0.208 e. The first-order valence-corrected chi connectivity index (χ1v) is 11.7. The lowest BCUT2D eigenvalue weighted by atomic mass is 9.90. The lowest BCUT2D eigenvalue weighted by molar-refractivity contribution is 0.385. The van der Waals surface area contributed by atoms with Crippen molar-refractivity contribution < 1.29 is 17.6 Å². The molecule has 1 aromatic rings. The number of hydrogen-bond acceptors (Lipinski definition) is 0. The SMILES string of the molecule is Cc1cc2c(c(F)c1F)C1=C(C=C(CCC(C)CCC(C)CC3CC3)CC(F)=C1F)C2. The average molecular weight is 433 g/mol. The van der Waals surface area contributed by atoms with E-state index in [-0.39, 0.29) is 23.1 Å². The van der Waals surface area contributed by atoms with Crippen molar-refractivity contribution in [3.8, 4) is 0 Å². The maximum Gasteiger partial charge on any atom is 0.167 e. The van der Waals surface area contributed by atoms with Gasteiger partial charge in [0.1, 0.15) is 5.83 Å². The van der Waals surface area contributed by atoms with Crippen LogP contribution in [0.15, 0.2) is 34.9 Å². The van der Waals surface area contributed by atoms with Gasteiger partial charge in [-0.3, -0.25) is 0 Å². The largest absolute Gasteiger partial charge is 0.208 e. The van der Waals surface area contributed by atoms with E-state index < -0.39 is 23.3 Å². The number of halogens is 4. The van der Waals surface area contributed by atoms with E-state index >= 15 is 0 Å². The maximum atomic E-state index is 14.9. The fraction of sp³-hybridized carbons (Fsp3) is 0.556. The molecular weight excluding hydrogens is 400 g/mol. The molecule has 0 saturated heterocycles. The fourth-order valence-corrected chi connectivity index (χ4v) is 5.11. The first-order valence-electron chi connectivity index (χ1n) is 11.7. The third-order valence-electron chi connectivity index (χ3n) is 7.18. The molecule has 3 aliphatic rings. The number of aryl methyl sites for hydroxylation is 1. The second-order valence-electron chi connectivity index (χ2n) is 10.1. The summed E-state index contributed by atoms with van der Waals surface area (Å²) in [6, 6.07) is 1.55. The van der Waals surface area contributed by atoms with Crippen molar-refractivity contribution in [1.82, 2.24) is 0 Å². The molecule has 3 aliphatic carbocycles. The molecule has 4 heteroatoms. The Morgan fingerprint density at radius 1 is 0.935 bits per heavy atom. The fourth-order valence-electron chi connectivity index (χ4n) is 5.11. The van der Waals surface area contributed by atoms with E-state index in [1.165, 1.54) is 32.6 Å². The standard InChI is InChI=1S/C27H32F4/c1-15(4-5-16(2)10-18-8-9-18)6-7-19-12-21-14-20-11-17(3)25(29)27(31)24(20)23(21)26(30)22(28)13-19/h11-12,15-16,18H,4-10,13-14H2,1-3H3. The van der Waals surface area contributed by atoms with E-state index in [2.05, 4.69) is 13.8 Å². The first kappa shape index (κ1) is 22.4. The molecule has 0 aliphatic heterocycles. The molecule has 0 amide bonds. The van der Waals surface area contributed by atoms with Gasteiger partial charge in [0.15, 0.2) is 17.5 Å². The molecule has 0 bridgehead atoms. The van der Waals surface area contributed by atoms with Crippen LogP contribution in [0, 0.1) is 36.3 Å². The Bertz CT molecular complexity index is 962. The molecule has 0 nitrogen and oxygen atoms in total. The Balaban J connectivity index is 1.46. The van der Waals surface area contributed by atoms with Crippen LogP contribution in [0.2, 0.25) is 0 Å². The third kappa shape index (κ3) is 4.83. The van der Waals surface area contributed by atoms with Crippen molar-refractivity contribution in [2.45, 2.75) is 78.6 Å². The molecule has 1 fully saturated rings. The molecule has 0 N–H and O–H groups in total. The van der Waals surface area contributed by atoms with Crippen LogP contribution in [-0.2, 0) is 6.42 Å². The number of fused-ring (bicyclic) bond motifs is 2. The molecule has 2 unspecified atom stereocenters. The van der Waals surface area contributed by atoms with E-state index in [4.69, 9.17) is 0 Å². The highest BCUT2D eigenvalue weighted by molar-refractivity contribution is 5.88. The quantitative estimate of drug-likeness (QED) is 0.360. The molecule has 168 valence electrons. The Morgan fingerprint density at radius 3 is 2.35 bits per heavy atom. The average Bonchev–Trinajstić information content (AvgIpc) is 3.48. The number of hydrogen-bond donors (Lipinski definition) is 0. The van der Waals surface area contributed by atoms with Crippen LogP contribution in [0.25, 0.3) is 5.57 Å². The molecule has 1 aromatic carbocycles. The van der Waals surface area contributed by atoms with E-state index in [1.54, 1.807) is 6.07 Å². The highest BCUT2D eigenvalue weighted by atomic mass is 19.2. The van der Waals surface area contributed by atoms with E-state index in [9.17, 15) is 17.6 Å². The van der Waals surface area contributed by atoms with Crippen molar-refractivity contribution in [2.24, 2.45) is 17.8 Å². The lowest BCUT2D eigenvalue weighted by Crippen LogP contribution is -2.02. The summed E-state index contributed by atoms with van der Waals surface area (Å²) in [5.41, 5.74) is 1.90. The second-order valence-corrected chi connectivity index (χ2v) is 10.1. The summed E-state index contributed by atoms with van der Waals surface area (Å²) in [6.45, 7) is 6.05. The molecule has 0 radical (unpaired) electrons. The Morgan fingerprint density at radius 2 is 1.65 bits per heavy atom. The summed E-state index contributed by atoms with van der Waals surface area (Å²) in [7, 11) is 0. The van der Waals surface area contributed by atoms with Crippen LogP contribution in [0.3, 0.4) is 0 Å². The van der Waals surface area contributed by atoms with Gasteiger partial charge in [-0.05, 0) is 67.1 Å². The summed E-state index contributed by atoms with van der Waals surface area (Å²) in [5.74, 6) is -1.76. The molecule has 0 aromatic heterocycles. The summed E-state index contributed by atoms with van der Waals surface area (Å²) in [5, 5.41) is 0. The minimum atomic E-state index is -1.08. The second kappa shape index (κ2) is 8.96. The normalized spacial score (nSPS) is 20.4. The third-order valence-corrected chi connectivity index (χ3v) is 7.18. The van der Waals surface area contributed by atoms with Gasteiger partial charge < -0.3 is 0 Å². The predicted octanol–water partition coefficient (Wildman–Crippen LogP) is 8.70. The van der Waals surface area contributed by atoms with Gasteiger partial charge in [0.2, 0.25) is 0 Å². The monoisotopic (exact) mass is 432 g/mol. The van der Waals surface area contributed by atoms with Crippen molar-refractivity contribution >= 4 is 5.57 Å². The number of allylic oxidation sites excluding steroid dienone is 6. The molecule has 1 saturated carbocycles. The van der Waals surface area contributed by atoms with Gasteiger partial charge in [0.25, 0.3) is 0 Å². The van der Waals surface area contributed by atoms with Crippen molar-refractivity contribution in [3.05, 3.63) is 63.3 Å². The Kier molecular flexibility index (Phi) is 6.46. The van der Waals surface area contributed by atoms with Gasteiger partial charge in [0.05, 0.1) is 0 Å². The van der Waals surface area contributed by atoms with Crippen molar-refractivity contribution in [2.75, 3.05) is 0 Å². The summed E-state index contributed by atoms with van der Waals surface area (Å²) >= 11 is 0. The molecule has 0 heterocycles. The Labute approximate surface area is 183 Å². The van der Waals surface area contributed by atoms with Gasteiger partial charge in [-0.25, -0.2) is 17.6 Å². The smallest absolute Gasteiger partial charge is 0.167 e. The van der Waals surface area contributed by atoms with Gasteiger partial charge in [0, 0.05) is 17.6 Å². The van der Waals surface area contributed by atoms with Crippen LogP contribution >= 0.6 is 0 Å². The zero-order valence-corrected chi connectivity index (χ0v) is 18.8. The van der Waals surface area contributed by atoms with Crippen LogP contribution in [-0.4, -0.2) is 0 Å².